The van der Waals surface area contributed by atoms with Crippen molar-refractivity contribution in [2.45, 2.75) is 47.0 Å². The summed E-state index contributed by atoms with van der Waals surface area (Å²) in [4.78, 5) is 0. The Morgan fingerprint density at radius 2 is 1.61 bits per heavy atom. The molecule has 0 saturated carbocycles. The lowest BCUT2D eigenvalue weighted by molar-refractivity contribution is 0.522. The molecule has 0 aliphatic heterocycles. The molecule has 1 aromatic rings. The van der Waals surface area contributed by atoms with Crippen LogP contribution < -0.4 is 11.7 Å². The Bertz CT molecular complexity index is 304. The predicted octanol–water partition coefficient (Wildman–Crippen LogP) is 3.94. The second kappa shape index (κ2) is 13.2. The number of nitrogens with two attached hydrogens (primary N) is 2. The zero-order chi connectivity index (χ0) is 12.6. The third kappa shape index (κ3) is 8.76. The van der Waals surface area contributed by atoms with Crippen LogP contribution in [0.2, 0.25) is 0 Å². The first kappa shape index (κ1) is 22.9. The zero-order valence-electron chi connectivity index (χ0n) is 11.9. The molecule has 0 fully saturated rings. The van der Waals surface area contributed by atoms with Crippen LogP contribution in [0.1, 0.15) is 43.4 Å². The van der Waals surface area contributed by atoms with E-state index in [0.717, 1.165) is 5.92 Å². The molecule has 4 N–H and O–H groups in total. The molecule has 0 aromatic heterocycles. The second-order valence-corrected chi connectivity index (χ2v) is 4.52. The molecule has 0 radical (unpaired) electrons. The van der Waals surface area contributed by atoms with Crippen molar-refractivity contribution in [3.8, 4) is 0 Å². The van der Waals surface area contributed by atoms with E-state index < -0.39 is 0 Å². The molecule has 1 aromatic carbocycles. The van der Waals surface area contributed by atoms with Crippen molar-refractivity contribution in [3.05, 3.63) is 34.9 Å². The highest BCUT2D eigenvalue weighted by Crippen LogP contribution is 2.16. The Balaban J connectivity index is -0.000000534. The molecule has 0 spiro atoms. The summed E-state index contributed by atoms with van der Waals surface area (Å²) in [6.07, 6.45) is 3.87. The zero-order valence-corrected chi connectivity index (χ0v) is 13.5. The standard InChI is InChI=1S/C14H22.2ClH.H4N2/c1-5-6-11(2)9-14-8-7-12(3)13(4)10-14;;;1-2/h7-8,10-11H,5-6,9H2,1-4H3;2*1H;1-2H2. The molecule has 0 aliphatic rings. The van der Waals surface area contributed by atoms with Gasteiger partial charge in [-0.15, -0.1) is 24.8 Å². The maximum absolute atomic E-state index is 4.00. The average Bonchev–Trinajstić information content (AvgIpc) is 2.27. The molecule has 0 saturated heterocycles. The second-order valence-electron chi connectivity index (χ2n) is 4.52. The van der Waals surface area contributed by atoms with Gasteiger partial charge in [-0.3, -0.25) is 11.7 Å². The normalized spacial score (nSPS) is 10.3. The highest BCUT2D eigenvalue weighted by atomic mass is 35.5. The van der Waals surface area contributed by atoms with Gasteiger partial charge in [0.2, 0.25) is 0 Å². The molecular formula is C14H28Cl2N2. The molecule has 1 unspecified atom stereocenters. The van der Waals surface area contributed by atoms with Crippen LogP contribution in [0.3, 0.4) is 0 Å². The van der Waals surface area contributed by atoms with Crippen LogP contribution >= 0.6 is 24.8 Å². The molecule has 18 heavy (non-hydrogen) atoms. The Morgan fingerprint density at radius 1 is 1.06 bits per heavy atom. The minimum atomic E-state index is 0. The summed E-state index contributed by atoms with van der Waals surface area (Å²) >= 11 is 0. The lowest BCUT2D eigenvalue weighted by Gasteiger charge is -2.11. The van der Waals surface area contributed by atoms with Gasteiger partial charge in [0.1, 0.15) is 0 Å². The quantitative estimate of drug-likeness (QED) is 0.653. The Labute approximate surface area is 124 Å². The van der Waals surface area contributed by atoms with Gasteiger partial charge in [0.05, 0.1) is 0 Å². The van der Waals surface area contributed by atoms with Gasteiger partial charge >= 0.3 is 0 Å². The fraction of sp³-hybridized carbons (Fsp3) is 0.571. The summed E-state index contributed by atoms with van der Waals surface area (Å²) in [6, 6.07) is 6.85. The van der Waals surface area contributed by atoms with Gasteiger partial charge in [-0.1, -0.05) is 44.9 Å². The van der Waals surface area contributed by atoms with Gasteiger partial charge in [-0.25, -0.2) is 0 Å². The third-order valence-corrected chi connectivity index (χ3v) is 2.94. The molecule has 2 nitrogen and oxygen atoms in total. The molecular weight excluding hydrogens is 267 g/mol. The molecule has 4 heteroatoms. The molecule has 1 atom stereocenters. The summed E-state index contributed by atoms with van der Waals surface area (Å²) < 4.78 is 0. The Kier molecular flexibility index (Phi) is 16.7. The van der Waals surface area contributed by atoms with E-state index >= 15 is 0 Å². The molecule has 108 valence electrons. The van der Waals surface area contributed by atoms with Crippen LogP contribution in [-0.2, 0) is 6.42 Å². The smallest absolute Gasteiger partial charge is 0.0253 e. The summed E-state index contributed by atoms with van der Waals surface area (Å²) in [5.74, 6) is 8.82. The maximum atomic E-state index is 4.00. The predicted molar refractivity (Wildman–Crippen MR) is 86.6 cm³/mol. The van der Waals surface area contributed by atoms with E-state index in [2.05, 4.69) is 57.6 Å². The van der Waals surface area contributed by atoms with Crippen molar-refractivity contribution in [2.24, 2.45) is 17.6 Å². The number of hydrogen-bond donors (Lipinski definition) is 2. The van der Waals surface area contributed by atoms with Crippen molar-refractivity contribution >= 4 is 24.8 Å². The molecule has 0 amide bonds. The first-order valence-corrected chi connectivity index (χ1v) is 6.03. The molecule has 0 heterocycles. The molecule has 0 bridgehead atoms. The van der Waals surface area contributed by atoms with Crippen LogP contribution in [0.5, 0.6) is 0 Å². The SMILES string of the molecule is CCCC(C)Cc1ccc(C)c(C)c1.Cl.Cl.NN. The Morgan fingerprint density at radius 3 is 2.06 bits per heavy atom. The van der Waals surface area contributed by atoms with Crippen LogP contribution in [0.15, 0.2) is 18.2 Å². The largest absolute Gasteiger partial charge is 0.274 e. The van der Waals surface area contributed by atoms with Crippen molar-refractivity contribution in [2.75, 3.05) is 0 Å². The highest BCUT2D eigenvalue weighted by molar-refractivity contribution is 5.85. The topological polar surface area (TPSA) is 52.0 Å². The van der Waals surface area contributed by atoms with Gasteiger partial charge in [0, 0.05) is 0 Å². The summed E-state index contributed by atoms with van der Waals surface area (Å²) in [6.45, 7) is 8.98. The van der Waals surface area contributed by atoms with E-state index in [0.29, 0.717) is 0 Å². The van der Waals surface area contributed by atoms with Gasteiger partial charge in [0.25, 0.3) is 0 Å². The van der Waals surface area contributed by atoms with Crippen LogP contribution in [0.25, 0.3) is 0 Å². The number of aryl methyl sites for hydroxylation is 2. The number of hydrazine groups is 1. The summed E-state index contributed by atoms with van der Waals surface area (Å²) in [7, 11) is 0. The Hall–Kier alpha value is -0.280. The summed E-state index contributed by atoms with van der Waals surface area (Å²) in [5.41, 5.74) is 4.32. The van der Waals surface area contributed by atoms with Crippen molar-refractivity contribution in [1.29, 1.82) is 0 Å². The minimum absolute atomic E-state index is 0. The maximum Gasteiger partial charge on any atom is -0.0253 e. The van der Waals surface area contributed by atoms with E-state index in [-0.39, 0.29) is 24.8 Å². The van der Waals surface area contributed by atoms with Crippen LogP contribution in [0, 0.1) is 19.8 Å². The first-order valence-electron chi connectivity index (χ1n) is 6.03. The lowest BCUT2D eigenvalue weighted by atomic mass is 9.95. The van der Waals surface area contributed by atoms with Crippen LogP contribution in [0.4, 0.5) is 0 Å². The van der Waals surface area contributed by atoms with E-state index in [1.807, 2.05) is 0 Å². The van der Waals surface area contributed by atoms with Gasteiger partial charge < -0.3 is 0 Å². The lowest BCUT2D eigenvalue weighted by Crippen LogP contribution is -2.02. The number of rotatable bonds is 4. The van der Waals surface area contributed by atoms with Crippen molar-refractivity contribution in [1.82, 2.24) is 0 Å². The van der Waals surface area contributed by atoms with E-state index in [4.69, 9.17) is 0 Å². The van der Waals surface area contributed by atoms with Crippen molar-refractivity contribution in [3.63, 3.8) is 0 Å². The van der Waals surface area contributed by atoms with E-state index in [1.165, 1.54) is 36.0 Å². The minimum Gasteiger partial charge on any atom is -0.274 e. The molecule has 0 aliphatic carbocycles. The van der Waals surface area contributed by atoms with Crippen molar-refractivity contribution < 1.29 is 0 Å². The third-order valence-electron chi connectivity index (χ3n) is 2.94. The van der Waals surface area contributed by atoms with Gasteiger partial charge in [-0.2, -0.15) is 0 Å². The number of hydrogen-bond acceptors (Lipinski definition) is 2. The van der Waals surface area contributed by atoms with E-state index in [1.54, 1.807) is 0 Å². The van der Waals surface area contributed by atoms with Gasteiger partial charge in [-0.05, 0) is 42.9 Å². The fourth-order valence-corrected chi connectivity index (χ4v) is 1.93. The number of benzene rings is 1. The summed E-state index contributed by atoms with van der Waals surface area (Å²) in [5, 5.41) is 0. The first-order chi connectivity index (χ1) is 7.63. The van der Waals surface area contributed by atoms with Gasteiger partial charge in [0.15, 0.2) is 0 Å². The number of halogens is 2. The van der Waals surface area contributed by atoms with Crippen LogP contribution in [-0.4, -0.2) is 0 Å². The monoisotopic (exact) mass is 294 g/mol. The average molecular weight is 295 g/mol. The highest BCUT2D eigenvalue weighted by Gasteiger charge is 2.03. The van der Waals surface area contributed by atoms with E-state index in [9.17, 15) is 0 Å². The molecule has 1 rings (SSSR count). The fourth-order valence-electron chi connectivity index (χ4n) is 1.93.